The highest BCUT2D eigenvalue weighted by molar-refractivity contribution is 7.92. The van der Waals surface area contributed by atoms with Gasteiger partial charge in [-0.05, 0) is 61.7 Å². The molecule has 1 unspecified atom stereocenters. The van der Waals surface area contributed by atoms with Gasteiger partial charge in [0.2, 0.25) is 11.8 Å². The third-order valence-corrected chi connectivity index (χ3v) is 9.96. The monoisotopic (exact) mass is 665 g/mol. The summed E-state index contributed by atoms with van der Waals surface area (Å²) >= 11 is 13.1. The van der Waals surface area contributed by atoms with Crippen LogP contribution in [0.15, 0.2) is 102 Å². The van der Waals surface area contributed by atoms with Crippen LogP contribution in [-0.4, -0.2) is 44.3 Å². The summed E-state index contributed by atoms with van der Waals surface area (Å²) in [5.74, 6) is -0.946. The smallest absolute Gasteiger partial charge is 0.264 e. The molecule has 4 aromatic rings. The molecule has 0 radical (unpaired) electrons. The van der Waals surface area contributed by atoms with Crippen LogP contribution < -0.4 is 9.62 Å². The average molecular weight is 667 g/mol. The molecule has 1 N–H and O–H groups in total. The molecule has 10 heteroatoms. The lowest BCUT2D eigenvalue weighted by Crippen LogP contribution is -2.53. The highest BCUT2D eigenvalue weighted by atomic mass is 35.5. The maximum atomic E-state index is 14.6. The van der Waals surface area contributed by atoms with Crippen molar-refractivity contribution in [1.82, 2.24) is 10.2 Å². The van der Waals surface area contributed by atoms with Gasteiger partial charge in [0.05, 0.1) is 10.6 Å². The number of benzene rings is 4. The Bertz CT molecular complexity index is 1710. The van der Waals surface area contributed by atoms with Crippen LogP contribution in [0.4, 0.5) is 5.69 Å². The summed E-state index contributed by atoms with van der Waals surface area (Å²) in [4.78, 5) is 29.8. The highest BCUT2D eigenvalue weighted by Gasteiger charge is 2.35. The predicted molar refractivity (Wildman–Crippen MR) is 181 cm³/mol. The van der Waals surface area contributed by atoms with E-state index < -0.39 is 28.5 Å². The van der Waals surface area contributed by atoms with Crippen LogP contribution in [0.1, 0.15) is 35.6 Å². The molecule has 0 aromatic heterocycles. The molecule has 1 atom stereocenters. The molecule has 0 aliphatic carbocycles. The minimum atomic E-state index is -4.20. The normalized spacial score (nSPS) is 11.9. The predicted octanol–water partition coefficient (Wildman–Crippen LogP) is 6.97. The molecule has 0 fully saturated rings. The van der Waals surface area contributed by atoms with Crippen LogP contribution in [0.3, 0.4) is 0 Å². The quantitative estimate of drug-likeness (QED) is 0.167. The van der Waals surface area contributed by atoms with E-state index in [2.05, 4.69) is 5.32 Å². The standard InChI is InChI=1S/C35H37Cl2N3O4S/c1-4-21-38-35(42)33(22-27-12-6-5-7-13-27)39(23-29-30(36)14-10-15-31(29)37)34(41)24-40(32-16-9-8-11-26(32)3)45(43,44)28-19-17-25(2)18-20-28/h5-20,33H,4,21-24H2,1-3H3,(H,38,42). The fourth-order valence-corrected chi connectivity index (χ4v) is 6.96. The molecular formula is C35H37Cl2N3O4S. The highest BCUT2D eigenvalue weighted by Crippen LogP contribution is 2.30. The van der Waals surface area contributed by atoms with Crippen molar-refractivity contribution in [3.8, 4) is 0 Å². The second-order valence-electron chi connectivity index (χ2n) is 10.8. The van der Waals surface area contributed by atoms with E-state index in [-0.39, 0.29) is 23.8 Å². The van der Waals surface area contributed by atoms with E-state index in [4.69, 9.17) is 23.2 Å². The van der Waals surface area contributed by atoms with E-state index in [0.717, 1.165) is 15.4 Å². The summed E-state index contributed by atoms with van der Waals surface area (Å²) in [5.41, 5.74) is 3.22. The third kappa shape index (κ3) is 8.45. The number of carbonyl (C=O) groups is 2. The van der Waals surface area contributed by atoms with Crippen molar-refractivity contribution in [3.05, 3.63) is 129 Å². The van der Waals surface area contributed by atoms with Gasteiger partial charge in [-0.25, -0.2) is 8.42 Å². The minimum Gasteiger partial charge on any atom is -0.354 e. The first kappa shape index (κ1) is 34.0. The van der Waals surface area contributed by atoms with Gasteiger partial charge in [0.25, 0.3) is 10.0 Å². The Hall–Kier alpha value is -3.85. The molecule has 4 aromatic carbocycles. The molecule has 0 spiro atoms. The SMILES string of the molecule is CCCNC(=O)C(Cc1ccccc1)N(Cc1c(Cl)cccc1Cl)C(=O)CN(c1ccccc1C)S(=O)(=O)c1ccc(C)cc1. The maximum Gasteiger partial charge on any atom is 0.264 e. The zero-order valence-electron chi connectivity index (χ0n) is 25.5. The lowest BCUT2D eigenvalue weighted by Gasteiger charge is -2.34. The fourth-order valence-electron chi connectivity index (χ4n) is 4.97. The van der Waals surface area contributed by atoms with Gasteiger partial charge in [0.1, 0.15) is 12.6 Å². The zero-order valence-corrected chi connectivity index (χ0v) is 27.9. The van der Waals surface area contributed by atoms with Crippen molar-refractivity contribution in [2.24, 2.45) is 0 Å². The second-order valence-corrected chi connectivity index (χ2v) is 13.5. The number of aryl methyl sites for hydroxylation is 2. The van der Waals surface area contributed by atoms with Crippen LogP contribution in [0.5, 0.6) is 0 Å². The molecule has 0 saturated heterocycles. The summed E-state index contributed by atoms with van der Waals surface area (Å²) in [6.45, 7) is 5.34. The number of para-hydroxylation sites is 1. The van der Waals surface area contributed by atoms with Gasteiger partial charge in [-0.2, -0.15) is 0 Å². The summed E-state index contributed by atoms with van der Waals surface area (Å²) < 4.78 is 29.5. The Morgan fingerprint density at radius 2 is 1.44 bits per heavy atom. The first-order valence-corrected chi connectivity index (χ1v) is 16.9. The summed E-state index contributed by atoms with van der Waals surface area (Å²) in [6, 6.07) is 26.9. The van der Waals surface area contributed by atoms with E-state index in [9.17, 15) is 18.0 Å². The van der Waals surface area contributed by atoms with Gasteiger partial charge in [-0.1, -0.05) is 102 Å². The number of anilines is 1. The molecule has 0 aliphatic rings. The third-order valence-electron chi connectivity index (χ3n) is 7.48. The number of carbonyl (C=O) groups excluding carboxylic acids is 2. The summed E-state index contributed by atoms with van der Waals surface area (Å²) in [7, 11) is -4.20. The molecule has 236 valence electrons. The fraction of sp³-hybridized carbons (Fsp3) is 0.257. The van der Waals surface area contributed by atoms with Crippen LogP contribution in [-0.2, 0) is 32.6 Å². The molecule has 4 rings (SSSR count). The van der Waals surface area contributed by atoms with Gasteiger partial charge in [-0.3, -0.25) is 13.9 Å². The maximum absolute atomic E-state index is 14.6. The molecule has 7 nitrogen and oxygen atoms in total. The van der Waals surface area contributed by atoms with Gasteiger partial charge in [0, 0.05) is 35.1 Å². The van der Waals surface area contributed by atoms with Crippen molar-refractivity contribution >= 4 is 50.7 Å². The number of hydrogen-bond acceptors (Lipinski definition) is 4. The second kappa shape index (κ2) is 15.4. The van der Waals surface area contributed by atoms with Gasteiger partial charge in [0.15, 0.2) is 0 Å². The molecule has 0 heterocycles. The molecule has 0 bridgehead atoms. The van der Waals surface area contributed by atoms with Gasteiger partial charge >= 0.3 is 0 Å². The number of rotatable bonds is 13. The molecule has 0 saturated carbocycles. The van der Waals surface area contributed by atoms with Crippen molar-refractivity contribution < 1.29 is 18.0 Å². The van der Waals surface area contributed by atoms with Crippen LogP contribution >= 0.6 is 23.2 Å². The molecule has 45 heavy (non-hydrogen) atoms. The van der Waals surface area contributed by atoms with Gasteiger partial charge in [-0.15, -0.1) is 0 Å². The summed E-state index contributed by atoms with van der Waals surface area (Å²) in [6.07, 6.45) is 0.892. The lowest BCUT2D eigenvalue weighted by molar-refractivity contribution is -0.140. The van der Waals surface area contributed by atoms with Crippen LogP contribution in [0.2, 0.25) is 10.0 Å². The zero-order chi connectivity index (χ0) is 32.6. The van der Waals surface area contributed by atoms with E-state index in [1.54, 1.807) is 61.5 Å². The van der Waals surface area contributed by atoms with E-state index in [0.29, 0.717) is 39.8 Å². The number of nitrogens with one attached hydrogen (secondary N) is 1. The van der Waals surface area contributed by atoms with E-state index >= 15 is 0 Å². The number of halogens is 2. The first-order chi connectivity index (χ1) is 21.5. The Labute approximate surface area is 275 Å². The topological polar surface area (TPSA) is 86.8 Å². The Morgan fingerprint density at radius 3 is 2.07 bits per heavy atom. The van der Waals surface area contributed by atoms with Crippen molar-refractivity contribution in [2.45, 2.75) is 51.1 Å². The van der Waals surface area contributed by atoms with Crippen LogP contribution in [0, 0.1) is 13.8 Å². The van der Waals surface area contributed by atoms with Gasteiger partial charge < -0.3 is 10.2 Å². The van der Waals surface area contributed by atoms with Crippen molar-refractivity contribution in [3.63, 3.8) is 0 Å². The van der Waals surface area contributed by atoms with Crippen LogP contribution in [0.25, 0.3) is 0 Å². The lowest BCUT2D eigenvalue weighted by atomic mass is 10.0. The van der Waals surface area contributed by atoms with E-state index in [1.165, 1.54) is 17.0 Å². The largest absolute Gasteiger partial charge is 0.354 e. The number of nitrogens with zero attached hydrogens (tertiary/aromatic N) is 2. The number of sulfonamides is 1. The molecule has 2 amide bonds. The first-order valence-electron chi connectivity index (χ1n) is 14.7. The van der Waals surface area contributed by atoms with Crippen molar-refractivity contribution in [2.75, 3.05) is 17.4 Å². The Balaban J connectivity index is 1.84. The molecule has 0 aliphatic heterocycles. The Kier molecular flexibility index (Phi) is 11.7. The number of hydrogen-bond donors (Lipinski definition) is 1. The summed E-state index contributed by atoms with van der Waals surface area (Å²) in [5, 5.41) is 3.59. The average Bonchev–Trinajstić information content (AvgIpc) is 3.02. The minimum absolute atomic E-state index is 0.0476. The Morgan fingerprint density at radius 1 is 0.822 bits per heavy atom. The van der Waals surface area contributed by atoms with Crippen molar-refractivity contribution in [1.29, 1.82) is 0 Å². The molecular weight excluding hydrogens is 629 g/mol. The van der Waals surface area contributed by atoms with E-state index in [1.807, 2.05) is 44.2 Å². The number of amides is 2.